The van der Waals surface area contributed by atoms with Crippen LogP contribution in [0.3, 0.4) is 0 Å². The summed E-state index contributed by atoms with van der Waals surface area (Å²) in [6.45, 7) is 4.72. The first-order valence-electron chi connectivity index (χ1n) is 7.29. The molecule has 0 saturated heterocycles. The van der Waals surface area contributed by atoms with Crippen molar-refractivity contribution in [2.45, 2.75) is 33.1 Å². The Labute approximate surface area is 133 Å². The van der Waals surface area contributed by atoms with E-state index in [-0.39, 0.29) is 12.6 Å². The van der Waals surface area contributed by atoms with Gasteiger partial charge in [-0.1, -0.05) is 0 Å². The lowest BCUT2D eigenvalue weighted by molar-refractivity contribution is 0.0605. The molecule has 2 heterocycles. The van der Waals surface area contributed by atoms with E-state index in [0.29, 0.717) is 10.7 Å². The van der Waals surface area contributed by atoms with Crippen LogP contribution < -0.4 is 5.32 Å². The fourth-order valence-electron chi connectivity index (χ4n) is 2.28. The molecule has 6 nitrogen and oxygen atoms in total. The summed E-state index contributed by atoms with van der Waals surface area (Å²) in [5.41, 5.74) is 0.852. The number of ether oxygens (including phenoxy) is 1. The number of nitrogens with one attached hydrogen (secondary N) is 1. The SMILES string of the molecule is COC(=O)c1sc2nc(C)nc(NCCCCCO)c2c1C. The molecule has 120 valence electrons. The monoisotopic (exact) mass is 323 g/mol. The third-order valence-corrected chi connectivity index (χ3v) is 4.57. The number of aryl methyl sites for hydroxylation is 2. The van der Waals surface area contributed by atoms with Crippen LogP contribution in [0.25, 0.3) is 10.2 Å². The van der Waals surface area contributed by atoms with Gasteiger partial charge in [-0.05, 0) is 38.7 Å². The summed E-state index contributed by atoms with van der Waals surface area (Å²) in [6, 6.07) is 0. The number of anilines is 1. The molecule has 0 aliphatic rings. The Morgan fingerprint density at radius 3 is 2.73 bits per heavy atom. The molecule has 0 saturated carbocycles. The number of thiophene rings is 1. The molecule has 0 aromatic carbocycles. The van der Waals surface area contributed by atoms with Crippen LogP contribution in [-0.2, 0) is 4.74 Å². The number of nitrogens with zero attached hydrogens (tertiary/aromatic N) is 2. The third kappa shape index (κ3) is 3.53. The molecule has 0 fully saturated rings. The van der Waals surface area contributed by atoms with Gasteiger partial charge in [-0.3, -0.25) is 0 Å². The van der Waals surface area contributed by atoms with E-state index in [1.165, 1.54) is 18.4 Å². The maximum absolute atomic E-state index is 11.8. The number of fused-ring (bicyclic) bond motifs is 1. The van der Waals surface area contributed by atoms with Crippen LogP contribution in [0.1, 0.15) is 40.3 Å². The third-order valence-electron chi connectivity index (χ3n) is 3.40. The Morgan fingerprint density at radius 1 is 1.27 bits per heavy atom. The van der Waals surface area contributed by atoms with Crippen molar-refractivity contribution in [3.63, 3.8) is 0 Å². The Balaban J connectivity index is 2.28. The molecule has 7 heteroatoms. The van der Waals surface area contributed by atoms with E-state index in [9.17, 15) is 4.79 Å². The van der Waals surface area contributed by atoms with Gasteiger partial charge in [-0.25, -0.2) is 14.8 Å². The lowest BCUT2D eigenvalue weighted by atomic mass is 10.2. The van der Waals surface area contributed by atoms with E-state index in [0.717, 1.165) is 47.4 Å². The average molecular weight is 323 g/mol. The largest absolute Gasteiger partial charge is 0.465 e. The second kappa shape index (κ2) is 7.51. The van der Waals surface area contributed by atoms with Gasteiger partial charge in [0.05, 0.1) is 12.5 Å². The number of aliphatic hydroxyl groups is 1. The van der Waals surface area contributed by atoms with Gasteiger partial charge in [0.2, 0.25) is 0 Å². The van der Waals surface area contributed by atoms with Crippen LogP contribution in [0.15, 0.2) is 0 Å². The highest BCUT2D eigenvalue weighted by molar-refractivity contribution is 7.20. The van der Waals surface area contributed by atoms with Gasteiger partial charge in [-0.2, -0.15) is 0 Å². The Kier molecular flexibility index (Phi) is 5.68. The fourth-order valence-corrected chi connectivity index (χ4v) is 3.43. The zero-order chi connectivity index (χ0) is 16.1. The molecule has 2 aromatic heterocycles. The lowest BCUT2D eigenvalue weighted by Gasteiger charge is -2.08. The number of methoxy groups -OCH3 is 1. The summed E-state index contributed by atoms with van der Waals surface area (Å²) in [6.07, 6.45) is 2.73. The van der Waals surface area contributed by atoms with Crippen molar-refractivity contribution in [2.24, 2.45) is 0 Å². The first-order valence-corrected chi connectivity index (χ1v) is 8.11. The van der Waals surface area contributed by atoms with Gasteiger partial charge < -0.3 is 15.2 Å². The standard InChI is InChI=1S/C15H21N3O3S/c1-9-11-13(16-7-5-4-6-8-19)17-10(2)18-14(11)22-12(9)15(20)21-3/h19H,4-8H2,1-3H3,(H,16,17,18). The second-order valence-electron chi connectivity index (χ2n) is 5.06. The number of aliphatic hydroxyl groups excluding tert-OH is 1. The average Bonchev–Trinajstić information content (AvgIpc) is 2.83. The van der Waals surface area contributed by atoms with Crippen molar-refractivity contribution in [1.29, 1.82) is 0 Å². The van der Waals surface area contributed by atoms with Crippen molar-refractivity contribution in [3.8, 4) is 0 Å². The van der Waals surface area contributed by atoms with E-state index in [1.54, 1.807) is 0 Å². The molecule has 0 atom stereocenters. The molecule has 0 bridgehead atoms. The summed E-state index contributed by atoms with van der Waals surface area (Å²) in [5, 5.41) is 13.0. The lowest BCUT2D eigenvalue weighted by Crippen LogP contribution is -2.06. The summed E-state index contributed by atoms with van der Waals surface area (Å²) >= 11 is 1.33. The van der Waals surface area contributed by atoms with Crippen LogP contribution in [0.2, 0.25) is 0 Å². The normalized spacial score (nSPS) is 10.9. The Hall–Kier alpha value is -1.73. The first-order chi connectivity index (χ1) is 10.6. The van der Waals surface area contributed by atoms with Gasteiger partial charge in [-0.15, -0.1) is 11.3 Å². The van der Waals surface area contributed by atoms with Crippen molar-refractivity contribution in [3.05, 3.63) is 16.3 Å². The number of aromatic nitrogens is 2. The maximum Gasteiger partial charge on any atom is 0.348 e. The summed E-state index contributed by atoms with van der Waals surface area (Å²) in [4.78, 5) is 22.1. The number of rotatable bonds is 7. The zero-order valence-electron chi connectivity index (χ0n) is 13.1. The highest BCUT2D eigenvalue weighted by atomic mass is 32.1. The maximum atomic E-state index is 11.8. The number of carbonyl (C=O) groups excluding carboxylic acids is 1. The first kappa shape index (κ1) is 16.6. The Morgan fingerprint density at radius 2 is 2.05 bits per heavy atom. The van der Waals surface area contributed by atoms with E-state index >= 15 is 0 Å². The van der Waals surface area contributed by atoms with Gasteiger partial charge in [0, 0.05) is 13.2 Å². The number of unbranched alkanes of at least 4 members (excludes halogenated alkanes) is 2. The molecule has 0 radical (unpaired) electrons. The quantitative estimate of drug-likeness (QED) is 0.602. The van der Waals surface area contributed by atoms with Crippen LogP contribution in [-0.4, -0.2) is 41.3 Å². The highest BCUT2D eigenvalue weighted by Gasteiger charge is 2.20. The molecule has 0 unspecified atom stereocenters. The van der Waals surface area contributed by atoms with E-state index in [1.807, 2.05) is 13.8 Å². The van der Waals surface area contributed by atoms with E-state index in [4.69, 9.17) is 9.84 Å². The molecule has 2 aromatic rings. The van der Waals surface area contributed by atoms with Gasteiger partial charge in [0.25, 0.3) is 0 Å². The smallest absolute Gasteiger partial charge is 0.348 e. The summed E-state index contributed by atoms with van der Waals surface area (Å²) < 4.78 is 4.82. The van der Waals surface area contributed by atoms with Crippen LogP contribution in [0.4, 0.5) is 5.82 Å². The van der Waals surface area contributed by atoms with E-state index in [2.05, 4.69) is 15.3 Å². The molecule has 0 amide bonds. The van der Waals surface area contributed by atoms with E-state index < -0.39 is 0 Å². The number of hydrogen-bond acceptors (Lipinski definition) is 7. The summed E-state index contributed by atoms with van der Waals surface area (Å²) in [7, 11) is 1.38. The van der Waals surface area contributed by atoms with Crippen LogP contribution in [0.5, 0.6) is 0 Å². The molecular weight excluding hydrogens is 302 g/mol. The van der Waals surface area contributed by atoms with Crippen molar-refractivity contribution < 1.29 is 14.6 Å². The molecule has 2 rings (SSSR count). The highest BCUT2D eigenvalue weighted by Crippen LogP contribution is 2.34. The van der Waals surface area contributed by atoms with Gasteiger partial charge in [0.15, 0.2) is 0 Å². The predicted molar refractivity (Wildman–Crippen MR) is 87.7 cm³/mol. The van der Waals surface area contributed by atoms with Crippen molar-refractivity contribution in [2.75, 3.05) is 25.6 Å². The molecule has 0 aliphatic heterocycles. The van der Waals surface area contributed by atoms with Crippen LogP contribution >= 0.6 is 11.3 Å². The predicted octanol–water partition coefficient (Wildman–Crippen LogP) is 2.67. The zero-order valence-corrected chi connectivity index (χ0v) is 13.9. The number of esters is 1. The van der Waals surface area contributed by atoms with Crippen molar-refractivity contribution >= 4 is 33.3 Å². The molecule has 22 heavy (non-hydrogen) atoms. The topological polar surface area (TPSA) is 84.3 Å². The minimum Gasteiger partial charge on any atom is -0.465 e. The van der Waals surface area contributed by atoms with Gasteiger partial charge in [0.1, 0.15) is 21.3 Å². The van der Waals surface area contributed by atoms with Crippen molar-refractivity contribution in [1.82, 2.24) is 9.97 Å². The van der Waals surface area contributed by atoms with Crippen LogP contribution in [0, 0.1) is 13.8 Å². The second-order valence-corrected chi connectivity index (χ2v) is 6.06. The molecular formula is C15H21N3O3S. The molecule has 0 spiro atoms. The summed E-state index contributed by atoms with van der Waals surface area (Å²) in [5.74, 6) is 1.09. The van der Waals surface area contributed by atoms with Gasteiger partial charge >= 0.3 is 5.97 Å². The number of carbonyl (C=O) groups is 1. The molecule has 2 N–H and O–H groups in total. The minimum atomic E-state index is -0.341. The minimum absolute atomic E-state index is 0.225. The fraction of sp³-hybridized carbons (Fsp3) is 0.533. The number of hydrogen-bond donors (Lipinski definition) is 2. The molecule has 0 aliphatic carbocycles. The Bertz CT molecular complexity index is 670.